The standard InChI is InChI=1S/C20H16BrN3O2S/c1-25-19-5-3-2-4-17(19)18-12-16(26-23-18)13-27-20-22-10-11-24(20)15-8-6-14(21)7-9-15/h2-12H,13H2,1H3. The number of benzene rings is 2. The van der Waals surface area contributed by atoms with Crippen LogP contribution in [0.15, 0.2) is 81.1 Å². The van der Waals surface area contributed by atoms with Crippen LogP contribution in [0.4, 0.5) is 0 Å². The van der Waals surface area contributed by atoms with Gasteiger partial charge in [0.2, 0.25) is 0 Å². The third-order valence-corrected chi connectivity index (χ3v) is 5.51. The summed E-state index contributed by atoms with van der Waals surface area (Å²) in [6.07, 6.45) is 3.75. The van der Waals surface area contributed by atoms with Crippen molar-refractivity contribution in [3.63, 3.8) is 0 Å². The third-order valence-electron chi connectivity index (χ3n) is 4.00. The Kier molecular flexibility index (Phi) is 5.31. The Balaban J connectivity index is 1.50. The molecule has 27 heavy (non-hydrogen) atoms. The molecular weight excluding hydrogens is 426 g/mol. The maximum absolute atomic E-state index is 5.51. The second kappa shape index (κ2) is 8.02. The van der Waals surface area contributed by atoms with Crippen LogP contribution in [0.5, 0.6) is 5.75 Å². The first-order valence-corrected chi connectivity index (χ1v) is 10.0. The molecule has 4 aromatic rings. The summed E-state index contributed by atoms with van der Waals surface area (Å²) in [6, 6.07) is 17.8. The van der Waals surface area contributed by atoms with Gasteiger partial charge in [0.1, 0.15) is 17.2 Å². The lowest BCUT2D eigenvalue weighted by Gasteiger charge is -2.06. The zero-order valence-corrected chi connectivity index (χ0v) is 16.9. The van der Waals surface area contributed by atoms with Crippen molar-refractivity contribution in [2.24, 2.45) is 0 Å². The van der Waals surface area contributed by atoms with Gasteiger partial charge in [-0.25, -0.2) is 4.98 Å². The molecule has 0 bridgehead atoms. The SMILES string of the molecule is COc1ccccc1-c1cc(CSc2nccn2-c2ccc(Br)cc2)on1. The third kappa shape index (κ3) is 3.94. The Hall–Kier alpha value is -2.51. The number of hydrogen-bond acceptors (Lipinski definition) is 5. The van der Waals surface area contributed by atoms with Gasteiger partial charge in [-0.15, -0.1) is 0 Å². The summed E-state index contributed by atoms with van der Waals surface area (Å²) >= 11 is 5.06. The summed E-state index contributed by atoms with van der Waals surface area (Å²) in [4.78, 5) is 4.45. The molecule has 2 heterocycles. The highest BCUT2D eigenvalue weighted by atomic mass is 79.9. The number of hydrogen-bond donors (Lipinski definition) is 0. The molecule has 5 nitrogen and oxygen atoms in total. The zero-order valence-electron chi connectivity index (χ0n) is 14.5. The minimum Gasteiger partial charge on any atom is -0.496 e. The molecule has 2 aromatic heterocycles. The van der Waals surface area contributed by atoms with Crippen LogP contribution in [0.3, 0.4) is 0 Å². The molecular formula is C20H16BrN3O2S. The normalized spacial score (nSPS) is 10.9. The lowest BCUT2D eigenvalue weighted by Crippen LogP contribution is -1.94. The van der Waals surface area contributed by atoms with Gasteiger partial charge in [-0.2, -0.15) is 0 Å². The molecule has 0 fully saturated rings. The first kappa shape index (κ1) is 17.9. The summed E-state index contributed by atoms with van der Waals surface area (Å²) in [5, 5.41) is 5.08. The zero-order chi connectivity index (χ0) is 18.6. The molecule has 7 heteroatoms. The highest BCUT2D eigenvalue weighted by molar-refractivity contribution is 9.10. The van der Waals surface area contributed by atoms with Crippen LogP contribution in [-0.2, 0) is 5.75 Å². The van der Waals surface area contributed by atoms with Crippen LogP contribution in [0.25, 0.3) is 16.9 Å². The number of imidazole rings is 1. The first-order valence-electron chi connectivity index (χ1n) is 8.25. The van der Waals surface area contributed by atoms with Gasteiger partial charge in [0.25, 0.3) is 0 Å². The Morgan fingerprint density at radius 3 is 2.78 bits per heavy atom. The van der Waals surface area contributed by atoms with Crippen molar-refractivity contribution in [3.05, 3.63) is 77.2 Å². The van der Waals surface area contributed by atoms with E-state index in [9.17, 15) is 0 Å². The van der Waals surface area contributed by atoms with Gasteiger partial charge in [-0.05, 0) is 36.4 Å². The van der Waals surface area contributed by atoms with E-state index >= 15 is 0 Å². The van der Waals surface area contributed by atoms with Crippen molar-refractivity contribution in [1.29, 1.82) is 0 Å². The number of ether oxygens (including phenoxy) is 1. The van der Waals surface area contributed by atoms with Crippen LogP contribution in [-0.4, -0.2) is 21.8 Å². The van der Waals surface area contributed by atoms with Gasteiger partial charge in [0, 0.05) is 34.2 Å². The Bertz CT molecular complexity index is 1040. The topological polar surface area (TPSA) is 53.1 Å². The van der Waals surface area contributed by atoms with E-state index in [0.717, 1.165) is 38.1 Å². The van der Waals surface area contributed by atoms with Gasteiger partial charge >= 0.3 is 0 Å². The highest BCUT2D eigenvalue weighted by Gasteiger charge is 2.13. The smallest absolute Gasteiger partial charge is 0.173 e. The van der Waals surface area contributed by atoms with E-state index in [1.165, 1.54) is 0 Å². The minimum atomic E-state index is 0.635. The molecule has 0 N–H and O–H groups in total. The molecule has 4 rings (SSSR count). The average Bonchev–Trinajstić information content (AvgIpc) is 3.36. The second-order valence-corrected chi connectivity index (χ2v) is 7.58. The van der Waals surface area contributed by atoms with Crippen LogP contribution in [0.1, 0.15) is 5.76 Å². The molecule has 2 aromatic carbocycles. The molecule has 0 atom stereocenters. The second-order valence-electron chi connectivity index (χ2n) is 5.72. The van der Waals surface area contributed by atoms with Crippen molar-refractivity contribution in [1.82, 2.24) is 14.7 Å². The van der Waals surface area contributed by atoms with E-state index < -0.39 is 0 Å². The van der Waals surface area contributed by atoms with E-state index in [2.05, 4.69) is 30.6 Å². The number of nitrogens with zero attached hydrogens (tertiary/aromatic N) is 3. The van der Waals surface area contributed by atoms with Crippen LogP contribution < -0.4 is 4.74 Å². The van der Waals surface area contributed by atoms with Crippen LogP contribution in [0.2, 0.25) is 0 Å². The summed E-state index contributed by atoms with van der Waals surface area (Å²) in [7, 11) is 1.65. The van der Waals surface area contributed by atoms with E-state index in [4.69, 9.17) is 9.26 Å². The van der Waals surface area contributed by atoms with Crippen molar-refractivity contribution in [2.75, 3.05) is 7.11 Å². The molecule has 0 saturated heterocycles. The lowest BCUT2D eigenvalue weighted by molar-refractivity contribution is 0.395. The van der Waals surface area contributed by atoms with Gasteiger partial charge in [0.15, 0.2) is 5.16 Å². The highest BCUT2D eigenvalue weighted by Crippen LogP contribution is 2.31. The van der Waals surface area contributed by atoms with Crippen molar-refractivity contribution in [3.8, 4) is 22.7 Å². The fourth-order valence-corrected chi connectivity index (χ4v) is 3.81. The number of thioether (sulfide) groups is 1. The average molecular weight is 442 g/mol. The predicted molar refractivity (Wildman–Crippen MR) is 109 cm³/mol. The minimum absolute atomic E-state index is 0.635. The molecule has 0 aliphatic heterocycles. The summed E-state index contributed by atoms with van der Waals surface area (Å²) in [5.41, 5.74) is 2.74. The Morgan fingerprint density at radius 1 is 1.15 bits per heavy atom. The quantitative estimate of drug-likeness (QED) is 0.365. The van der Waals surface area contributed by atoms with E-state index in [1.807, 2.05) is 60.8 Å². The molecule has 0 aliphatic carbocycles. The summed E-state index contributed by atoms with van der Waals surface area (Å²) in [6.45, 7) is 0. The summed E-state index contributed by atoms with van der Waals surface area (Å²) in [5.74, 6) is 2.19. The van der Waals surface area contributed by atoms with E-state index in [-0.39, 0.29) is 0 Å². The number of rotatable bonds is 6. The number of aromatic nitrogens is 3. The molecule has 0 unspecified atom stereocenters. The maximum Gasteiger partial charge on any atom is 0.173 e. The number of halogens is 1. The van der Waals surface area contributed by atoms with Crippen molar-refractivity contribution in [2.45, 2.75) is 10.9 Å². The molecule has 0 spiro atoms. The van der Waals surface area contributed by atoms with Crippen LogP contribution in [0, 0.1) is 0 Å². The molecule has 0 radical (unpaired) electrons. The van der Waals surface area contributed by atoms with Gasteiger partial charge in [-0.1, -0.05) is 45.0 Å². The first-order chi connectivity index (χ1) is 13.2. The molecule has 0 aliphatic rings. The molecule has 136 valence electrons. The van der Waals surface area contributed by atoms with Gasteiger partial charge in [-0.3, -0.25) is 4.57 Å². The van der Waals surface area contributed by atoms with Gasteiger partial charge in [0.05, 0.1) is 12.9 Å². The number of para-hydroxylation sites is 1. The van der Waals surface area contributed by atoms with E-state index in [1.54, 1.807) is 25.1 Å². The fraction of sp³-hybridized carbons (Fsp3) is 0.100. The lowest BCUT2D eigenvalue weighted by atomic mass is 10.1. The number of methoxy groups -OCH3 is 1. The molecule has 0 saturated carbocycles. The van der Waals surface area contributed by atoms with Crippen molar-refractivity contribution >= 4 is 27.7 Å². The Labute approximate surface area is 169 Å². The molecule has 0 amide bonds. The monoisotopic (exact) mass is 441 g/mol. The van der Waals surface area contributed by atoms with Crippen molar-refractivity contribution < 1.29 is 9.26 Å². The maximum atomic E-state index is 5.51. The predicted octanol–water partition coefficient (Wildman–Crippen LogP) is 5.59. The fourth-order valence-electron chi connectivity index (χ4n) is 2.69. The largest absolute Gasteiger partial charge is 0.496 e. The van der Waals surface area contributed by atoms with E-state index in [0.29, 0.717) is 5.75 Å². The summed E-state index contributed by atoms with van der Waals surface area (Å²) < 4.78 is 14.0. The van der Waals surface area contributed by atoms with Gasteiger partial charge < -0.3 is 9.26 Å². The Morgan fingerprint density at radius 2 is 1.96 bits per heavy atom. The van der Waals surface area contributed by atoms with Crippen LogP contribution >= 0.6 is 27.7 Å².